The highest BCUT2D eigenvalue weighted by Gasteiger charge is 2.77. The maximum Gasteiger partial charge on any atom is 0.312 e. The molecule has 1 N–H and O–H groups in total. The van der Waals surface area contributed by atoms with Gasteiger partial charge in [0.2, 0.25) is 11.8 Å². The number of likely N-dealkylation sites (tertiary alicyclic amines) is 1. The van der Waals surface area contributed by atoms with Crippen LogP contribution in [0.15, 0.2) is 25.3 Å². The fourth-order valence-electron chi connectivity index (χ4n) is 6.32. The highest BCUT2D eigenvalue weighted by atomic mass is 79.9. The SMILES string of the molecule is C=CCCCCOC(=O)[C@H]1[C@@H]2OC3(CC2Br)C(C(=O)N(CC=C)CCCCC)N(CCCCCO)C(=O)[C@H]13. The maximum absolute atomic E-state index is 14.2. The molecular formula is C29H45BrN2O6. The van der Waals surface area contributed by atoms with Gasteiger partial charge in [0.05, 0.1) is 24.5 Å². The van der Waals surface area contributed by atoms with E-state index in [2.05, 4.69) is 36.0 Å². The quantitative estimate of drug-likeness (QED) is 0.111. The van der Waals surface area contributed by atoms with Crippen molar-refractivity contribution < 1.29 is 29.0 Å². The zero-order valence-corrected chi connectivity index (χ0v) is 24.4. The molecule has 1 spiro atoms. The van der Waals surface area contributed by atoms with Gasteiger partial charge >= 0.3 is 5.97 Å². The Labute approximate surface area is 235 Å². The predicted molar refractivity (Wildman–Crippen MR) is 150 cm³/mol. The molecule has 38 heavy (non-hydrogen) atoms. The van der Waals surface area contributed by atoms with Gasteiger partial charge in [0.1, 0.15) is 11.6 Å². The number of rotatable bonds is 18. The number of aliphatic hydroxyl groups is 1. The highest BCUT2D eigenvalue weighted by Crippen LogP contribution is 2.60. The first kappa shape index (κ1) is 30.8. The number of allylic oxidation sites excluding steroid dienone is 1. The molecule has 3 aliphatic heterocycles. The molecule has 0 saturated carbocycles. The molecule has 9 heteroatoms. The van der Waals surface area contributed by atoms with Crippen molar-refractivity contribution in [3.05, 3.63) is 25.3 Å². The van der Waals surface area contributed by atoms with Crippen molar-refractivity contribution in [1.29, 1.82) is 0 Å². The van der Waals surface area contributed by atoms with Gasteiger partial charge in [0.25, 0.3) is 0 Å². The van der Waals surface area contributed by atoms with Crippen molar-refractivity contribution in [3.63, 3.8) is 0 Å². The van der Waals surface area contributed by atoms with Crippen LogP contribution in [-0.2, 0) is 23.9 Å². The van der Waals surface area contributed by atoms with Crippen LogP contribution in [0.3, 0.4) is 0 Å². The number of halogens is 1. The number of carbonyl (C=O) groups excluding carboxylic acids is 3. The van der Waals surface area contributed by atoms with Crippen molar-refractivity contribution in [1.82, 2.24) is 9.80 Å². The van der Waals surface area contributed by atoms with E-state index in [1.807, 2.05) is 6.08 Å². The molecule has 0 aromatic rings. The molecule has 0 aromatic heterocycles. The molecule has 0 radical (unpaired) electrons. The summed E-state index contributed by atoms with van der Waals surface area (Å²) >= 11 is 3.70. The molecule has 214 valence electrons. The van der Waals surface area contributed by atoms with E-state index in [0.717, 1.165) is 44.9 Å². The van der Waals surface area contributed by atoms with Crippen molar-refractivity contribution in [2.24, 2.45) is 11.8 Å². The van der Waals surface area contributed by atoms with Gasteiger partial charge in [-0.2, -0.15) is 0 Å². The van der Waals surface area contributed by atoms with Gasteiger partial charge in [0.15, 0.2) is 0 Å². The van der Waals surface area contributed by atoms with E-state index in [9.17, 15) is 19.5 Å². The first-order valence-electron chi connectivity index (χ1n) is 14.3. The number of carbonyl (C=O) groups is 3. The molecule has 3 rings (SSSR count). The first-order chi connectivity index (χ1) is 18.4. The van der Waals surface area contributed by atoms with Crippen LogP contribution in [-0.4, -0.2) is 88.1 Å². The van der Waals surface area contributed by atoms with Crippen LogP contribution in [0.5, 0.6) is 0 Å². The molecule has 0 aromatic carbocycles. The number of hydrogen-bond donors (Lipinski definition) is 1. The van der Waals surface area contributed by atoms with Crippen LogP contribution in [0, 0.1) is 11.8 Å². The molecule has 8 nitrogen and oxygen atoms in total. The lowest BCUT2D eigenvalue weighted by Crippen LogP contribution is -2.57. The number of amides is 2. The van der Waals surface area contributed by atoms with Crippen molar-refractivity contribution in [2.75, 3.05) is 32.8 Å². The molecule has 0 aliphatic carbocycles. The van der Waals surface area contributed by atoms with Gasteiger partial charge in [-0.3, -0.25) is 14.4 Å². The number of alkyl halides is 1. The number of unbranched alkanes of at least 4 members (excludes halogenated alkanes) is 6. The summed E-state index contributed by atoms with van der Waals surface area (Å²) in [5.41, 5.74) is -1.07. The van der Waals surface area contributed by atoms with Crippen LogP contribution in [0.4, 0.5) is 0 Å². The van der Waals surface area contributed by atoms with Gasteiger partial charge in [-0.15, -0.1) is 13.2 Å². The minimum absolute atomic E-state index is 0.0875. The van der Waals surface area contributed by atoms with Crippen LogP contribution >= 0.6 is 15.9 Å². The van der Waals surface area contributed by atoms with Crippen molar-refractivity contribution in [2.45, 2.75) is 93.7 Å². The van der Waals surface area contributed by atoms with Crippen LogP contribution < -0.4 is 0 Å². The highest BCUT2D eigenvalue weighted by molar-refractivity contribution is 9.09. The number of aliphatic hydroxyl groups excluding tert-OH is 1. The van der Waals surface area contributed by atoms with Crippen LogP contribution in [0.2, 0.25) is 0 Å². The molecular weight excluding hydrogens is 552 g/mol. The predicted octanol–water partition coefficient (Wildman–Crippen LogP) is 4.00. The van der Waals surface area contributed by atoms with Crippen molar-refractivity contribution in [3.8, 4) is 0 Å². The number of ether oxygens (including phenoxy) is 2. The van der Waals surface area contributed by atoms with E-state index >= 15 is 0 Å². The van der Waals surface area contributed by atoms with E-state index < -0.39 is 35.6 Å². The summed E-state index contributed by atoms with van der Waals surface area (Å²) in [6.45, 7) is 11.4. The standard InChI is InChI=1S/C29H45BrN2O6/c1-4-7-9-14-19-37-28(36)22-23-26(34)32(17-12-10-13-18-33)25(29(23)20-21(30)24(22)38-29)27(35)31(15-6-3)16-11-8-5-2/h4,6,21-25,33H,1,3,5,7-20H2,2H3/t21?,22-,23+,24-,25?,29?/m1/s1. The Morgan fingerprint density at radius 2 is 1.97 bits per heavy atom. The minimum Gasteiger partial charge on any atom is -0.465 e. The molecule has 2 amide bonds. The molecule has 3 fully saturated rings. The van der Waals surface area contributed by atoms with Crippen LogP contribution in [0.25, 0.3) is 0 Å². The van der Waals surface area contributed by atoms with E-state index in [1.165, 1.54) is 0 Å². The number of nitrogens with zero attached hydrogens (tertiary/aromatic N) is 2. The molecule has 3 aliphatic rings. The average molecular weight is 598 g/mol. The summed E-state index contributed by atoms with van der Waals surface area (Å²) in [4.78, 5) is 44.8. The Kier molecular flexibility index (Phi) is 11.9. The number of hydrogen-bond acceptors (Lipinski definition) is 6. The second-order valence-corrected chi connectivity index (χ2v) is 11.9. The minimum atomic E-state index is -1.07. The Hall–Kier alpha value is -1.71. The second-order valence-electron chi connectivity index (χ2n) is 10.7. The topological polar surface area (TPSA) is 96.4 Å². The third kappa shape index (κ3) is 6.36. The fourth-order valence-corrected chi connectivity index (χ4v) is 7.26. The summed E-state index contributed by atoms with van der Waals surface area (Å²) in [5.74, 6) is -2.24. The third-order valence-electron chi connectivity index (χ3n) is 8.09. The lowest BCUT2D eigenvalue weighted by Gasteiger charge is -2.37. The largest absolute Gasteiger partial charge is 0.465 e. The summed E-state index contributed by atoms with van der Waals surface area (Å²) in [6.07, 6.45) is 10.9. The van der Waals surface area contributed by atoms with Crippen LogP contribution in [0.1, 0.15) is 71.1 Å². The Morgan fingerprint density at radius 1 is 1.18 bits per heavy atom. The summed E-state index contributed by atoms with van der Waals surface area (Å²) in [5, 5.41) is 9.21. The first-order valence-corrected chi connectivity index (χ1v) is 15.2. The lowest BCUT2D eigenvalue weighted by molar-refractivity contribution is -0.155. The van der Waals surface area contributed by atoms with Crippen molar-refractivity contribution >= 4 is 33.7 Å². The van der Waals surface area contributed by atoms with Gasteiger partial charge in [-0.25, -0.2) is 0 Å². The maximum atomic E-state index is 14.2. The fraction of sp³-hybridized carbons (Fsp3) is 0.759. The van der Waals surface area contributed by atoms with E-state index in [-0.39, 0.29) is 29.9 Å². The van der Waals surface area contributed by atoms with E-state index in [4.69, 9.17) is 9.47 Å². The Balaban J connectivity index is 1.88. The third-order valence-corrected chi connectivity index (χ3v) is 8.94. The molecule has 6 atom stereocenters. The van der Waals surface area contributed by atoms with Gasteiger partial charge in [-0.1, -0.05) is 47.8 Å². The summed E-state index contributed by atoms with van der Waals surface area (Å²) in [7, 11) is 0. The average Bonchev–Trinajstić information content (AvgIpc) is 3.49. The summed E-state index contributed by atoms with van der Waals surface area (Å²) in [6, 6.07) is -0.800. The van der Waals surface area contributed by atoms with E-state index in [1.54, 1.807) is 15.9 Å². The zero-order chi connectivity index (χ0) is 27.7. The number of fused-ring (bicyclic) bond motifs is 1. The molecule has 3 heterocycles. The molecule has 2 bridgehead atoms. The zero-order valence-electron chi connectivity index (χ0n) is 22.8. The summed E-state index contributed by atoms with van der Waals surface area (Å²) < 4.78 is 12.2. The van der Waals surface area contributed by atoms with Gasteiger partial charge in [-0.05, 0) is 51.4 Å². The second kappa shape index (κ2) is 14.6. The Morgan fingerprint density at radius 3 is 2.66 bits per heavy atom. The monoisotopic (exact) mass is 596 g/mol. The van der Waals surface area contributed by atoms with Gasteiger partial charge < -0.3 is 24.4 Å². The molecule has 3 unspecified atom stereocenters. The van der Waals surface area contributed by atoms with Gasteiger partial charge in [0, 0.05) is 31.1 Å². The van der Waals surface area contributed by atoms with E-state index in [0.29, 0.717) is 38.9 Å². The molecule has 3 saturated heterocycles. The smallest absolute Gasteiger partial charge is 0.312 e. The Bertz CT molecular complexity index is 853. The normalized spacial score (nSPS) is 29.4. The lowest BCUT2D eigenvalue weighted by atomic mass is 9.70. The number of esters is 1.